The van der Waals surface area contributed by atoms with Crippen molar-refractivity contribution in [3.63, 3.8) is 0 Å². The van der Waals surface area contributed by atoms with Gasteiger partial charge in [0, 0.05) is 6.20 Å². The van der Waals surface area contributed by atoms with Crippen LogP contribution in [0.3, 0.4) is 0 Å². The first-order chi connectivity index (χ1) is 9.25. The molecule has 0 aliphatic rings. The van der Waals surface area contributed by atoms with E-state index in [0.29, 0.717) is 5.02 Å². The van der Waals surface area contributed by atoms with Gasteiger partial charge < -0.3 is 5.73 Å². The molecule has 0 fully saturated rings. The predicted molar refractivity (Wildman–Crippen MR) is 79.2 cm³/mol. The highest BCUT2D eigenvalue weighted by Crippen LogP contribution is 2.26. The maximum Gasteiger partial charge on any atom is 0.0732 e. The molecule has 2 aromatic carbocycles. The number of pyridine rings is 1. The fourth-order valence-corrected chi connectivity index (χ4v) is 2.36. The van der Waals surface area contributed by atoms with Crippen LogP contribution in [-0.4, -0.2) is 4.98 Å². The van der Waals surface area contributed by atoms with Crippen LogP contribution in [-0.2, 0) is 0 Å². The van der Waals surface area contributed by atoms with E-state index in [0.717, 1.165) is 16.6 Å². The Morgan fingerprint density at radius 1 is 0.947 bits per heavy atom. The zero-order valence-electron chi connectivity index (χ0n) is 10.3. The van der Waals surface area contributed by atoms with E-state index in [-0.39, 0.29) is 6.04 Å². The molecule has 0 bridgehead atoms. The Labute approximate surface area is 116 Å². The monoisotopic (exact) mass is 268 g/mol. The van der Waals surface area contributed by atoms with Gasteiger partial charge in [0.25, 0.3) is 0 Å². The van der Waals surface area contributed by atoms with E-state index in [2.05, 4.69) is 23.2 Å². The van der Waals surface area contributed by atoms with Crippen LogP contribution in [0.2, 0.25) is 5.02 Å². The second kappa shape index (κ2) is 5.00. The molecule has 3 aromatic rings. The number of aromatic nitrogens is 1. The van der Waals surface area contributed by atoms with E-state index >= 15 is 0 Å². The molecule has 0 aliphatic carbocycles. The van der Waals surface area contributed by atoms with Crippen LogP contribution in [0.4, 0.5) is 0 Å². The summed E-state index contributed by atoms with van der Waals surface area (Å²) in [4.78, 5) is 4.30. The lowest BCUT2D eigenvalue weighted by Crippen LogP contribution is -2.13. The predicted octanol–water partition coefficient (Wildman–Crippen LogP) is 3.94. The van der Waals surface area contributed by atoms with Gasteiger partial charge in [-0.15, -0.1) is 0 Å². The van der Waals surface area contributed by atoms with Crippen molar-refractivity contribution in [2.45, 2.75) is 6.04 Å². The van der Waals surface area contributed by atoms with E-state index in [1.165, 1.54) is 5.39 Å². The summed E-state index contributed by atoms with van der Waals surface area (Å²) in [6, 6.07) is 17.8. The first-order valence-corrected chi connectivity index (χ1v) is 6.48. The Balaban J connectivity index is 2.11. The molecule has 2 nitrogen and oxygen atoms in total. The van der Waals surface area contributed by atoms with Gasteiger partial charge in [-0.1, -0.05) is 54.1 Å². The van der Waals surface area contributed by atoms with E-state index in [1.807, 2.05) is 36.4 Å². The molecule has 0 spiro atoms. The number of benzene rings is 2. The van der Waals surface area contributed by atoms with Crippen LogP contribution in [0.15, 0.2) is 60.8 Å². The van der Waals surface area contributed by atoms with Crippen LogP contribution < -0.4 is 5.73 Å². The van der Waals surface area contributed by atoms with Crippen LogP contribution >= 0.6 is 11.6 Å². The van der Waals surface area contributed by atoms with Crippen molar-refractivity contribution in [1.82, 2.24) is 4.98 Å². The maximum absolute atomic E-state index is 6.33. The second-order valence-electron chi connectivity index (χ2n) is 4.45. The standard InChI is InChI=1S/C16H13ClN2/c17-12-8-9-15(19-10-12)16(18)14-7-3-5-11-4-1-2-6-13(11)14/h1-10,16H,18H2. The van der Waals surface area contributed by atoms with Gasteiger partial charge in [0.15, 0.2) is 0 Å². The number of halogens is 1. The highest BCUT2D eigenvalue weighted by Gasteiger charge is 2.12. The largest absolute Gasteiger partial charge is 0.319 e. The minimum atomic E-state index is -0.247. The summed E-state index contributed by atoms with van der Waals surface area (Å²) >= 11 is 5.85. The number of hydrogen-bond donors (Lipinski definition) is 1. The number of fused-ring (bicyclic) bond motifs is 1. The molecular weight excluding hydrogens is 256 g/mol. The second-order valence-corrected chi connectivity index (χ2v) is 4.88. The van der Waals surface area contributed by atoms with Crippen molar-refractivity contribution in [2.24, 2.45) is 5.73 Å². The minimum Gasteiger partial charge on any atom is -0.319 e. The molecule has 1 unspecified atom stereocenters. The molecule has 2 N–H and O–H groups in total. The van der Waals surface area contributed by atoms with Crippen molar-refractivity contribution in [3.8, 4) is 0 Å². The molecule has 0 radical (unpaired) electrons. The van der Waals surface area contributed by atoms with E-state index in [9.17, 15) is 0 Å². The van der Waals surface area contributed by atoms with E-state index in [1.54, 1.807) is 6.20 Å². The molecule has 1 atom stereocenters. The summed E-state index contributed by atoms with van der Waals surface area (Å²) < 4.78 is 0. The topological polar surface area (TPSA) is 38.9 Å². The molecule has 3 rings (SSSR count). The molecular formula is C16H13ClN2. The third kappa shape index (κ3) is 2.33. The van der Waals surface area contributed by atoms with E-state index < -0.39 is 0 Å². The first-order valence-electron chi connectivity index (χ1n) is 6.10. The van der Waals surface area contributed by atoms with Gasteiger partial charge in [-0.25, -0.2) is 0 Å². The summed E-state index contributed by atoms with van der Waals surface area (Å²) in [6.07, 6.45) is 1.63. The van der Waals surface area contributed by atoms with Crippen LogP contribution in [0.5, 0.6) is 0 Å². The number of nitrogens with zero attached hydrogens (tertiary/aromatic N) is 1. The Morgan fingerprint density at radius 3 is 2.53 bits per heavy atom. The minimum absolute atomic E-state index is 0.247. The Bertz CT molecular complexity index is 702. The lowest BCUT2D eigenvalue weighted by molar-refractivity contribution is 0.836. The van der Waals surface area contributed by atoms with E-state index in [4.69, 9.17) is 17.3 Å². The number of nitrogens with two attached hydrogens (primary N) is 1. The summed E-state index contributed by atoms with van der Waals surface area (Å²) in [5.74, 6) is 0. The van der Waals surface area contributed by atoms with Crippen LogP contribution in [0.1, 0.15) is 17.3 Å². The zero-order valence-corrected chi connectivity index (χ0v) is 11.0. The molecule has 1 aromatic heterocycles. The fourth-order valence-electron chi connectivity index (χ4n) is 2.25. The van der Waals surface area contributed by atoms with Crippen LogP contribution in [0, 0.1) is 0 Å². The lowest BCUT2D eigenvalue weighted by Gasteiger charge is -2.14. The smallest absolute Gasteiger partial charge is 0.0732 e. The number of rotatable bonds is 2. The Hall–Kier alpha value is -1.90. The van der Waals surface area contributed by atoms with Crippen molar-refractivity contribution in [2.75, 3.05) is 0 Å². The third-order valence-electron chi connectivity index (χ3n) is 3.23. The molecule has 0 saturated carbocycles. The van der Waals surface area contributed by atoms with Gasteiger partial charge in [0.05, 0.1) is 16.8 Å². The van der Waals surface area contributed by atoms with Gasteiger partial charge in [-0.2, -0.15) is 0 Å². The van der Waals surface area contributed by atoms with Crippen molar-refractivity contribution >= 4 is 22.4 Å². The average Bonchev–Trinajstić information content (AvgIpc) is 2.47. The molecule has 0 amide bonds. The fraction of sp³-hybridized carbons (Fsp3) is 0.0625. The summed E-state index contributed by atoms with van der Waals surface area (Å²) in [5.41, 5.74) is 8.22. The SMILES string of the molecule is NC(c1ccc(Cl)cn1)c1cccc2ccccc12. The molecule has 3 heteroatoms. The normalized spacial score (nSPS) is 12.5. The number of hydrogen-bond acceptors (Lipinski definition) is 2. The molecule has 19 heavy (non-hydrogen) atoms. The Kier molecular flexibility index (Phi) is 3.20. The third-order valence-corrected chi connectivity index (χ3v) is 3.45. The first kappa shape index (κ1) is 12.2. The quantitative estimate of drug-likeness (QED) is 0.765. The summed E-state index contributed by atoms with van der Waals surface area (Å²) in [6.45, 7) is 0. The summed E-state index contributed by atoms with van der Waals surface area (Å²) in [5, 5.41) is 2.97. The molecule has 1 heterocycles. The average molecular weight is 269 g/mol. The lowest BCUT2D eigenvalue weighted by atomic mass is 9.97. The molecule has 0 aliphatic heterocycles. The maximum atomic E-state index is 6.33. The van der Waals surface area contributed by atoms with Crippen molar-refractivity contribution in [3.05, 3.63) is 77.1 Å². The highest BCUT2D eigenvalue weighted by molar-refractivity contribution is 6.30. The summed E-state index contributed by atoms with van der Waals surface area (Å²) in [7, 11) is 0. The van der Waals surface area contributed by atoms with Gasteiger partial charge in [0.2, 0.25) is 0 Å². The molecule has 94 valence electrons. The van der Waals surface area contributed by atoms with Crippen LogP contribution in [0.25, 0.3) is 10.8 Å². The molecule has 0 saturated heterocycles. The highest BCUT2D eigenvalue weighted by atomic mass is 35.5. The van der Waals surface area contributed by atoms with Gasteiger partial charge in [0.1, 0.15) is 0 Å². The Morgan fingerprint density at radius 2 is 1.74 bits per heavy atom. The van der Waals surface area contributed by atoms with Gasteiger partial charge in [-0.3, -0.25) is 4.98 Å². The van der Waals surface area contributed by atoms with Crippen molar-refractivity contribution < 1.29 is 0 Å². The van der Waals surface area contributed by atoms with Gasteiger partial charge >= 0.3 is 0 Å². The van der Waals surface area contributed by atoms with Crippen molar-refractivity contribution in [1.29, 1.82) is 0 Å². The zero-order chi connectivity index (χ0) is 13.2. The van der Waals surface area contributed by atoms with Gasteiger partial charge in [-0.05, 0) is 28.5 Å².